The molecule has 0 aliphatic heterocycles. The minimum atomic E-state index is -1.06. The lowest BCUT2D eigenvalue weighted by Gasteiger charge is -2.27. The van der Waals surface area contributed by atoms with Crippen LogP contribution in [0.3, 0.4) is 0 Å². The topological polar surface area (TPSA) is 26.0 Å². The summed E-state index contributed by atoms with van der Waals surface area (Å²) in [6, 6.07) is 9.07. The van der Waals surface area contributed by atoms with E-state index >= 15 is 0 Å². The molecule has 0 amide bonds. The number of benzene rings is 2. The molecule has 2 N–H and O–H groups in total. The molecule has 0 saturated carbocycles. The lowest BCUT2D eigenvalue weighted by atomic mass is 9.84. The van der Waals surface area contributed by atoms with E-state index in [1.54, 1.807) is 6.92 Å². The Labute approximate surface area is 112 Å². The van der Waals surface area contributed by atoms with Crippen LogP contribution in [0, 0.1) is 25.5 Å². The van der Waals surface area contributed by atoms with Crippen LogP contribution in [-0.2, 0) is 5.54 Å². The van der Waals surface area contributed by atoms with Crippen molar-refractivity contribution in [3.63, 3.8) is 0 Å². The average molecular weight is 261 g/mol. The number of nitrogens with two attached hydrogens (primary N) is 1. The van der Waals surface area contributed by atoms with Crippen molar-refractivity contribution >= 4 is 0 Å². The standard InChI is InChI=1S/C16H17F2N/c1-10-4-5-12(8-11(10)2)16(3,19)14-9-13(17)6-7-15(14)18/h4-9H,19H2,1-3H3. The SMILES string of the molecule is Cc1ccc(C(C)(N)c2cc(F)ccc2F)cc1C. The number of hydrogen-bond acceptors (Lipinski definition) is 1. The van der Waals surface area contributed by atoms with Gasteiger partial charge in [-0.25, -0.2) is 8.78 Å². The minimum Gasteiger partial charge on any atom is -0.318 e. The Morgan fingerprint density at radius 1 is 0.947 bits per heavy atom. The van der Waals surface area contributed by atoms with Gasteiger partial charge in [0.05, 0.1) is 5.54 Å². The molecule has 1 nitrogen and oxygen atoms in total. The van der Waals surface area contributed by atoms with Crippen LogP contribution >= 0.6 is 0 Å². The lowest BCUT2D eigenvalue weighted by Crippen LogP contribution is -2.35. The molecule has 2 aromatic rings. The molecule has 0 aromatic heterocycles. The molecule has 2 aromatic carbocycles. The van der Waals surface area contributed by atoms with Crippen molar-refractivity contribution in [2.75, 3.05) is 0 Å². The Morgan fingerprint density at radius 3 is 2.26 bits per heavy atom. The lowest BCUT2D eigenvalue weighted by molar-refractivity contribution is 0.518. The fraction of sp³-hybridized carbons (Fsp3) is 0.250. The second kappa shape index (κ2) is 4.74. The fourth-order valence-electron chi connectivity index (χ4n) is 2.12. The highest BCUT2D eigenvalue weighted by atomic mass is 19.1. The Bertz CT molecular complexity index is 618. The van der Waals surface area contributed by atoms with E-state index in [0.717, 1.165) is 34.9 Å². The van der Waals surface area contributed by atoms with E-state index in [-0.39, 0.29) is 5.56 Å². The summed E-state index contributed by atoms with van der Waals surface area (Å²) in [4.78, 5) is 0. The van der Waals surface area contributed by atoms with Crippen molar-refractivity contribution < 1.29 is 8.78 Å². The third-order valence-electron chi connectivity index (χ3n) is 3.59. The van der Waals surface area contributed by atoms with Crippen LogP contribution in [0.25, 0.3) is 0 Å². The molecular weight excluding hydrogens is 244 g/mol. The van der Waals surface area contributed by atoms with Crippen LogP contribution in [0.4, 0.5) is 8.78 Å². The van der Waals surface area contributed by atoms with Crippen molar-refractivity contribution in [3.8, 4) is 0 Å². The highest BCUT2D eigenvalue weighted by Gasteiger charge is 2.27. The van der Waals surface area contributed by atoms with Crippen LogP contribution in [0.1, 0.15) is 29.2 Å². The number of halogens is 2. The monoisotopic (exact) mass is 261 g/mol. The zero-order valence-corrected chi connectivity index (χ0v) is 11.3. The van der Waals surface area contributed by atoms with Crippen molar-refractivity contribution in [1.29, 1.82) is 0 Å². The summed E-state index contributed by atoms with van der Waals surface area (Å²) in [5, 5.41) is 0. The van der Waals surface area contributed by atoms with Gasteiger partial charge in [0.2, 0.25) is 0 Å². The number of aryl methyl sites for hydroxylation is 2. The molecule has 1 unspecified atom stereocenters. The Hall–Kier alpha value is -1.74. The largest absolute Gasteiger partial charge is 0.318 e. The van der Waals surface area contributed by atoms with Crippen LogP contribution in [0.15, 0.2) is 36.4 Å². The van der Waals surface area contributed by atoms with E-state index in [2.05, 4.69) is 0 Å². The van der Waals surface area contributed by atoms with Gasteiger partial charge in [-0.2, -0.15) is 0 Å². The Kier molecular flexibility index (Phi) is 3.42. The molecule has 19 heavy (non-hydrogen) atoms. The van der Waals surface area contributed by atoms with Gasteiger partial charge in [-0.15, -0.1) is 0 Å². The first-order valence-electron chi connectivity index (χ1n) is 6.14. The molecule has 100 valence electrons. The summed E-state index contributed by atoms with van der Waals surface area (Å²) in [6.07, 6.45) is 0. The van der Waals surface area contributed by atoms with Crippen molar-refractivity contribution in [3.05, 3.63) is 70.3 Å². The summed E-state index contributed by atoms with van der Waals surface area (Å²) in [6.45, 7) is 5.65. The van der Waals surface area contributed by atoms with E-state index in [1.165, 1.54) is 0 Å². The van der Waals surface area contributed by atoms with E-state index in [4.69, 9.17) is 5.73 Å². The van der Waals surface area contributed by atoms with Crippen molar-refractivity contribution in [1.82, 2.24) is 0 Å². The van der Waals surface area contributed by atoms with E-state index in [0.29, 0.717) is 0 Å². The minimum absolute atomic E-state index is 0.163. The van der Waals surface area contributed by atoms with Gasteiger partial charge >= 0.3 is 0 Å². The van der Waals surface area contributed by atoms with Gasteiger partial charge in [0.25, 0.3) is 0 Å². The van der Waals surface area contributed by atoms with Gasteiger partial charge in [0.15, 0.2) is 0 Å². The second-order valence-corrected chi connectivity index (χ2v) is 5.13. The number of rotatable bonds is 2. The van der Waals surface area contributed by atoms with Crippen LogP contribution in [0.5, 0.6) is 0 Å². The molecule has 0 spiro atoms. The highest BCUT2D eigenvalue weighted by molar-refractivity contribution is 5.41. The van der Waals surface area contributed by atoms with E-state index in [9.17, 15) is 8.78 Å². The summed E-state index contributed by atoms with van der Waals surface area (Å²) in [5.74, 6) is -0.985. The third-order valence-corrected chi connectivity index (χ3v) is 3.59. The third kappa shape index (κ3) is 2.51. The molecule has 1 atom stereocenters. The first-order chi connectivity index (χ1) is 8.82. The zero-order chi connectivity index (χ0) is 14.2. The molecular formula is C16H17F2N. The molecule has 0 fully saturated rings. The van der Waals surface area contributed by atoms with Crippen molar-refractivity contribution in [2.24, 2.45) is 5.73 Å². The van der Waals surface area contributed by atoms with Crippen molar-refractivity contribution in [2.45, 2.75) is 26.3 Å². The molecule has 0 radical (unpaired) electrons. The second-order valence-electron chi connectivity index (χ2n) is 5.13. The Balaban J connectivity index is 2.57. The maximum Gasteiger partial charge on any atom is 0.128 e. The molecule has 3 heteroatoms. The van der Waals surface area contributed by atoms with Gasteiger partial charge in [-0.3, -0.25) is 0 Å². The zero-order valence-electron chi connectivity index (χ0n) is 11.3. The van der Waals surface area contributed by atoms with Crippen LogP contribution in [-0.4, -0.2) is 0 Å². The molecule has 0 bridgehead atoms. The summed E-state index contributed by atoms with van der Waals surface area (Å²) < 4.78 is 27.2. The van der Waals surface area contributed by atoms with Gasteiger partial charge in [-0.1, -0.05) is 18.2 Å². The van der Waals surface area contributed by atoms with Crippen LogP contribution < -0.4 is 5.73 Å². The van der Waals surface area contributed by atoms with Gasteiger partial charge in [-0.05, 0) is 55.7 Å². The van der Waals surface area contributed by atoms with Gasteiger partial charge in [0.1, 0.15) is 11.6 Å². The first-order valence-corrected chi connectivity index (χ1v) is 6.14. The van der Waals surface area contributed by atoms with E-state index < -0.39 is 17.2 Å². The smallest absolute Gasteiger partial charge is 0.128 e. The Morgan fingerprint density at radius 2 is 1.63 bits per heavy atom. The normalized spacial score (nSPS) is 14.2. The molecule has 0 saturated heterocycles. The molecule has 0 heterocycles. The molecule has 0 aliphatic rings. The summed E-state index contributed by atoms with van der Waals surface area (Å²) in [5.41, 5.74) is 8.32. The quantitative estimate of drug-likeness (QED) is 0.874. The maximum atomic E-state index is 13.9. The maximum absolute atomic E-state index is 13.9. The summed E-state index contributed by atoms with van der Waals surface area (Å²) in [7, 11) is 0. The predicted molar refractivity (Wildman–Crippen MR) is 72.9 cm³/mol. The van der Waals surface area contributed by atoms with E-state index in [1.807, 2.05) is 32.0 Å². The molecule has 0 aliphatic carbocycles. The summed E-state index contributed by atoms with van der Waals surface area (Å²) >= 11 is 0. The molecule has 2 rings (SSSR count). The first kappa shape index (κ1) is 13.7. The fourth-order valence-corrected chi connectivity index (χ4v) is 2.12. The number of hydrogen-bond donors (Lipinski definition) is 1. The van der Waals surface area contributed by atoms with Gasteiger partial charge < -0.3 is 5.73 Å². The van der Waals surface area contributed by atoms with Gasteiger partial charge in [0, 0.05) is 5.56 Å². The van der Waals surface area contributed by atoms with Crippen LogP contribution in [0.2, 0.25) is 0 Å². The highest BCUT2D eigenvalue weighted by Crippen LogP contribution is 2.30. The predicted octanol–water partition coefficient (Wildman–Crippen LogP) is 3.80. The average Bonchev–Trinajstić information content (AvgIpc) is 2.35.